The molecule has 0 saturated heterocycles. The number of benzene rings is 1. The van der Waals surface area contributed by atoms with E-state index in [1.54, 1.807) is 0 Å². The van der Waals surface area contributed by atoms with Gasteiger partial charge in [-0.1, -0.05) is 0 Å². The van der Waals surface area contributed by atoms with E-state index in [-0.39, 0.29) is 41.0 Å². The Morgan fingerprint density at radius 1 is 1.31 bits per heavy atom. The summed E-state index contributed by atoms with van der Waals surface area (Å²) in [5, 5.41) is 10.3. The molecular formula is C7H7NNaO6P. The molecule has 16 heavy (non-hydrogen) atoms. The average Bonchev–Trinajstić information content (AvgIpc) is 2.18. The third-order valence-electron chi connectivity index (χ3n) is 1.49. The third-order valence-corrected chi connectivity index (χ3v) is 2.37. The van der Waals surface area contributed by atoms with Crippen molar-refractivity contribution in [3.63, 3.8) is 0 Å². The molecule has 0 saturated carbocycles. The van der Waals surface area contributed by atoms with Gasteiger partial charge in [0.05, 0.1) is 4.92 Å². The number of phosphoric acid groups is 1. The summed E-state index contributed by atoms with van der Waals surface area (Å²) < 4.78 is 19.3. The number of phosphoric ester groups is 1. The number of rotatable bonds is 4. The first kappa shape index (κ1) is 15.6. The summed E-state index contributed by atoms with van der Waals surface area (Å²) in [5.41, 5.74) is -0.152. The Hall–Kier alpha value is -0.430. The van der Waals surface area contributed by atoms with E-state index < -0.39 is 12.7 Å². The average molecular weight is 255 g/mol. The number of hydrogen-bond donors (Lipinski definition) is 0. The normalized spacial score (nSPS) is 13.4. The largest absolute Gasteiger partial charge is 1.00 e. The molecular weight excluding hydrogens is 248 g/mol. The van der Waals surface area contributed by atoms with Crippen LogP contribution < -0.4 is 39.0 Å². The fourth-order valence-electron chi connectivity index (χ4n) is 0.795. The fourth-order valence-corrected chi connectivity index (χ4v) is 1.25. The molecule has 0 aliphatic heterocycles. The predicted octanol–water partition coefficient (Wildman–Crippen LogP) is -1.91. The first-order chi connectivity index (χ1) is 6.94. The topological polar surface area (TPSA) is 102 Å². The van der Waals surface area contributed by atoms with E-state index in [0.717, 1.165) is 19.2 Å². The van der Waals surface area contributed by atoms with Gasteiger partial charge in [0.2, 0.25) is 0 Å². The second-order valence-corrected chi connectivity index (χ2v) is 3.91. The van der Waals surface area contributed by atoms with E-state index in [1.165, 1.54) is 12.1 Å². The van der Waals surface area contributed by atoms with E-state index in [2.05, 4.69) is 9.05 Å². The van der Waals surface area contributed by atoms with Crippen LogP contribution in [0.1, 0.15) is 0 Å². The van der Waals surface area contributed by atoms with Gasteiger partial charge in [-0.05, 0) is 12.1 Å². The maximum absolute atomic E-state index is 10.8. The molecule has 1 aromatic carbocycles. The van der Waals surface area contributed by atoms with Crippen LogP contribution in [0.25, 0.3) is 0 Å². The number of nitro groups is 1. The Bertz CT molecular complexity index is 408. The molecule has 0 heterocycles. The second kappa shape index (κ2) is 6.34. The molecule has 1 unspecified atom stereocenters. The number of hydrogen-bond acceptors (Lipinski definition) is 6. The van der Waals surface area contributed by atoms with E-state index in [9.17, 15) is 19.6 Å². The van der Waals surface area contributed by atoms with Gasteiger partial charge in [0.15, 0.2) is 0 Å². The van der Waals surface area contributed by atoms with Crippen LogP contribution in [0.3, 0.4) is 0 Å². The molecule has 0 radical (unpaired) electrons. The summed E-state index contributed by atoms with van der Waals surface area (Å²) in [5.74, 6) is -0.0409. The van der Waals surface area contributed by atoms with Crippen molar-refractivity contribution in [2.75, 3.05) is 7.11 Å². The van der Waals surface area contributed by atoms with Gasteiger partial charge in [-0.25, -0.2) is 0 Å². The summed E-state index contributed by atoms with van der Waals surface area (Å²) in [4.78, 5) is 20.5. The van der Waals surface area contributed by atoms with Crippen LogP contribution in [0.4, 0.5) is 5.69 Å². The van der Waals surface area contributed by atoms with Crippen molar-refractivity contribution in [3.8, 4) is 5.75 Å². The minimum absolute atomic E-state index is 0. The van der Waals surface area contributed by atoms with Gasteiger partial charge in [0.1, 0.15) is 5.75 Å². The van der Waals surface area contributed by atoms with Crippen molar-refractivity contribution in [2.24, 2.45) is 0 Å². The van der Waals surface area contributed by atoms with Gasteiger partial charge < -0.3 is 13.9 Å². The molecule has 0 aliphatic carbocycles. The molecule has 0 bridgehead atoms. The quantitative estimate of drug-likeness (QED) is 0.269. The Morgan fingerprint density at radius 3 is 2.19 bits per heavy atom. The van der Waals surface area contributed by atoms with Crippen molar-refractivity contribution >= 4 is 13.5 Å². The fraction of sp³-hybridized carbons (Fsp3) is 0.143. The number of nitrogens with zero attached hydrogens (tertiary/aromatic N) is 1. The molecule has 9 heteroatoms. The monoisotopic (exact) mass is 255 g/mol. The molecule has 0 fully saturated rings. The smallest absolute Gasteiger partial charge is 0.746 e. The predicted molar refractivity (Wildman–Crippen MR) is 48.3 cm³/mol. The minimum atomic E-state index is -4.35. The number of non-ortho nitro benzene ring substituents is 1. The standard InChI is InChI=1S/C7H8NO6P.Na/c1-13-15(11,12)14-7-4-2-6(3-5-7)8(9)10;/h2-5H,1H3,(H,11,12);/q;+1/p-1. The SMILES string of the molecule is COP(=O)([O-])Oc1ccc([N+](=O)[O-])cc1.[Na+]. The van der Waals surface area contributed by atoms with E-state index >= 15 is 0 Å². The molecule has 82 valence electrons. The summed E-state index contributed by atoms with van der Waals surface area (Å²) in [6.45, 7) is 0. The van der Waals surface area contributed by atoms with Crippen LogP contribution in [-0.4, -0.2) is 12.0 Å². The van der Waals surface area contributed by atoms with Crippen LogP contribution in [0.15, 0.2) is 24.3 Å². The molecule has 0 aliphatic rings. The van der Waals surface area contributed by atoms with Crippen molar-refractivity contribution in [1.82, 2.24) is 0 Å². The van der Waals surface area contributed by atoms with E-state index in [4.69, 9.17) is 0 Å². The third kappa shape index (κ3) is 4.61. The first-order valence-electron chi connectivity index (χ1n) is 3.75. The van der Waals surface area contributed by atoms with Gasteiger partial charge in [-0.2, -0.15) is 0 Å². The molecule has 1 aromatic rings. The minimum Gasteiger partial charge on any atom is -0.746 e. The Balaban J connectivity index is 0.00000225. The Labute approximate surface area is 113 Å². The maximum Gasteiger partial charge on any atom is 1.00 e. The summed E-state index contributed by atoms with van der Waals surface area (Å²) in [7, 11) is -3.40. The van der Waals surface area contributed by atoms with Gasteiger partial charge in [-0.15, -0.1) is 0 Å². The Morgan fingerprint density at radius 2 is 1.81 bits per heavy atom. The Kier molecular flexibility index (Phi) is 6.17. The van der Waals surface area contributed by atoms with Crippen LogP contribution >= 0.6 is 7.82 Å². The van der Waals surface area contributed by atoms with Gasteiger partial charge in [-0.3, -0.25) is 14.7 Å². The zero-order chi connectivity index (χ0) is 11.5. The van der Waals surface area contributed by atoms with Gasteiger partial charge in [0, 0.05) is 19.2 Å². The van der Waals surface area contributed by atoms with E-state index in [1.807, 2.05) is 0 Å². The zero-order valence-corrected chi connectivity index (χ0v) is 11.5. The molecule has 7 nitrogen and oxygen atoms in total. The van der Waals surface area contributed by atoms with Crippen LogP contribution in [0.2, 0.25) is 0 Å². The summed E-state index contributed by atoms with van der Waals surface area (Å²) >= 11 is 0. The van der Waals surface area contributed by atoms with Crippen molar-refractivity contribution in [1.29, 1.82) is 0 Å². The van der Waals surface area contributed by atoms with Crippen LogP contribution in [-0.2, 0) is 9.09 Å². The summed E-state index contributed by atoms with van der Waals surface area (Å²) in [6, 6.07) is 4.60. The van der Waals surface area contributed by atoms with Gasteiger partial charge >= 0.3 is 37.4 Å². The maximum atomic E-state index is 10.8. The molecule has 1 atom stereocenters. The zero-order valence-electron chi connectivity index (χ0n) is 8.65. The van der Waals surface area contributed by atoms with Crippen LogP contribution in [0.5, 0.6) is 5.75 Å². The van der Waals surface area contributed by atoms with E-state index in [0.29, 0.717) is 0 Å². The summed E-state index contributed by atoms with van der Waals surface area (Å²) in [6.07, 6.45) is 0. The van der Waals surface area contributed by atoms with Gasteiger partial charge in [0.25, 0.3) is 5.69 Å². The van der Waals surface area contributed by atoms with Crippen molar-refractivity contribution in [2.45, 2.75) is 0 Å². The second-order valence-electron chi connectivity index (χ2n) is 2.47. The molecule has 0 aromatic heterocycles. The van der Waals surface area contributed by atoms with Crippen molar-refractivity contribution in [3.05, 3.63) is 34.4 Å². The van der Waals surface area contributed by atoms with Crippen molar-refractivity contribution < 1.29 is 53.0 Å². The molecule has 0 N–H and O–H groups in total. The first-order valence-corrected chi connectivity index (χ1v) is 5.21. The molecule has 0 spiro atoms. The van der Waals surface area contributed by atoms with Crippen LogP contribution in [0, 0.1) is 10.1 Å². The number of nitro benzene ring substituents is 1. The molecule has 0 amide bonds. The molecule has 1 rings (SSSR count).